The van der Waals surface area contributed by atoms with Crippen LogP contribution in [0.2, 0.25) is 0 Å². The lowest BCUT2D eigenvalue weighted by Crippen LogP contribution is -2.40. The van der Waals surface area contributed by atoms with Crippen LogP contribution in [0.4, 0.5) is 0 Å². The Hall–Kier alpha value is -0.0800. The van der Waals surface area contributed by atoms with E-state index in [1.165, 1.54) is 32.5 Å². The first-order valence-electron chi connectivity index (χ1n) is 3.91. The number of fused-ring (bicyclic) bond motifs is 1. The first-order chi connectivity index (χ1) is 4.47. The molecular weight excluding hydrogens is 112 g/mol. The summed E-state index contributed by atoms with van der Waals surface area (Å²) in [7, 11) is 0. The summed E-state index contributed by atoms with van der Waals surface area (Å²) in [6, 6.07) is 0.804. The number of piperidine rings is 1. The standard InChI is InChI=1S/C7H14N2/c1-2-6-4-8-5-7(6)9-3-1/h6-9H,1-5H2/t6?,7-/m1/s1. The molecule has 2 atom stereocenters. The van der Waals surface area contributed by atoms with Crippen LogP contribution in [0.5, 0.6) is 0 Å². The highest BCUT2D eigenvalue weighted by Crippen LogP contribution is 2.18. The average Bonchev–Trinajstić information content (AvgIpc) is 2.33. The third kappa shape index (κ3) is 0.970. The second kappa shape index (κ2) is 2.27. The summed E-state index contributed by atoms with van der Waals surface area (Å²) in [5.74, 6) is 0.943. The second-order valence-electron chi connectivity index (χ2n) is 3.12. The second-order valence-corrected chi connectivity index (χ2v) is 3.12. The number of hydrogen-bond acceptors (Lipinski definition) is 2. The normalized spacial score (nSPS) is 42.7. The van der Waals surface area contributed by atoms with Crippen LogP contribution in [-0.4, -0.2) is 25.7 Å². The molecule has 0 radical (unpaired) electrons. The highest BCUT2D eigenvalue weighted by atomic mass is 15.0. The van der Waals surface area contributed by atoms with Gasteiger partial charge >= 0.3 is 0 Å². The van der Waals surface area contributed by atoms with Crippen LogP contribution in [0.3, 0.4) is 0 Å². The monoisotopic (exact) mass is 126 g/mol. The van der Waals surface area contributed by atoms with Crippen LogP contribution in [0.25, 0.3) is 0 Å². The van der Waals surface area contributed by atoms with E-state index in [1.54, 1.807) is 0 Å². The lowest BCUT2D eigenvalue weighted by molar-refractivity contribution is 0.339. The molecule has 2 rings (SSSR count). The molecule has 2 N–H and O–H groups in total. The van der Waals surface area contributed by atoms with Gasteiger partial charge in [-0.1, -0.05) is 0 Å². The molecule has 2 heterocycles. The van der Waals surface area contributed by atoms with E-state index in [1.807, 2.05) is 0 Å². The minimum absolute atomic E-state index is 0.804. The van der Waals surface area contributed by atoms with Crippen molar-refractivity contribution in [2.24, 2.45) is 5.92 Å². The van der Waals surface area contributed by atoms with Crippen molar-refractivity contribution in [2.75, 3.05) is 19.6 Å². The van der Waals surface area contributed by atoms with Crippen LogP contribution in [-0.2, 0) is 0 Å². The SMILES string of the molecule is C1CN[C@@H]2CNCC2C1. The maximum Gasteiger partial charge on any atom is 0.0232 e. The molecule has 2 fully saturated rings. The summed E-state index contributed by atoms with van der Waals surface area (Å²) in [6.45, 7) is 3.69. The molecule has 2 heteroatoms. The molecule has 0 aromatic carbocycles. The van der Waals surface area contributed by atoms with Gasteiger partial charge in [-0.25, -0.2) is 0 Å². The lowest BCUT2D eigenvalue weighted by atomic mass is 9.94. The molecule has 52 valence electrons. The van der Waals surface area contributed by atoms with Crippen LogP contribution in [0.1, 0.15) is 12.8 Å². The Morgan fingerprint density at radius 1 is 1.22 bits per heavy atom. The minimum atomic E-state index is 0.804. The molecule has 0 aliphatic carbocycles. The van der Waals surface area contributed by atoms with Crippen LogP contribution in [0, 0.1) is 5.92 Å². The largest absolute Gasteiger partial charge is 0.315 e. The van der Waals surface area contributed by atoms with Gasteiger partial charge in [0.05, 0.1) is 0 Å². The van der Waals surface area contributed by atoms with Crippen molar-refractivity contribution in [3.63, 3.8) is 0 Å². The fourth-order valence-corrected chi connectivity index (χ4v) is 1.93. The molecule has 2 saturated heterocycles. The predicted octanol–water partition coefficient (Wildman–Crippen LogP) is -0.0422. The van der Waals surface area contributed by atoms with E-state index < -0.39 is 0 Å². The number of nitrogens with one attached hydrogen (secondary N) is 2. The maximum absolute atomic E-state index is 3.52. The quantitative estimate of drug-likeness (QED) is 0.476. The molecule has 9 heavy (non-hydrogen) atoms. The first kappa shape index (κ1) is 5.69. The van der Waals surface area contributed by atoms with Gasteiger partial charge in [-0.3, -0.25) is 0 Å². The van der Waals surface area contributed by atoms with Crippen molar-refractivity contribution >= 4 is 0 Å². The number of rotatable bonds is 0. The van der Waals surface area contributed by atoms with E-state index in [4.69, 9.17) is 0 Å². The van der Waals surface area contributed by atoms with Gasteiger partial charge in [-0.2, -0.15) is 0 Å². The fourth-order valence-electron chi connectivity index (χ4n) is 1.93. The van der Waals surface area contributed by atoms with E-state index >= 15 is 0 Å². The van der Waals surface area contributed by atoms with Gasteiger partial charge in [0.2, 0.25) is 0 Å². The smallest absolute Gasteiger partial charge is 0.0232 e. The van der Waals surface area contributed by atoms with Crippen molar-refractivity contribution in [3.8, 4) is 0 Å². The van der Waals surface area contributed by atoms with Crippen molar-refractivity contribution in [1.82, 2.24) is 10.6 Å². The minimum Gasteiger partial charge on any atom is -0.315 e. The van der Waals surface area contributed by atoms with Gasteiger partial charge in [-0.15, -0.1) is 0 Å². The maximum atomic E-state index is 3.52. The summed E-state index contributed by atoms with van der Waals surface area (Å²) in [5.41, 5.74) is 0. The Balaban J connectivity index is 1.97. The fraction of sp³-hybridized carbons (Fsp3) is 1.00. The Bertz CT molecular complexity index is 91.1. The van der Waals surface area contributed by atoms with Crippen LogP contribution >= 0.6 is 0 Å². The van der Waals surface area contributed by atoms with Gasteiger partial charge in [-0.05, 0) is 31.8 Å². The summed E-state index contributed by atoms with van der Waals surface area (Å²) in [5, 5.41) is 6.92. The van der Waals surface area contributed by atoms with E-state index in [0.29, 0.717) is 0 Å². The van der Waals surface area contributed by atoms with Gasteiger partial charge < -0.3 is 10.6 Å². The first-order valence-corrected chi connectivity index (χ1v) is 3.91. The number of hydrogen-bond donors (Lipinski definition) is 2. The van der Waals surface area contributed by atoms with Crippen molar-refractivity contribution in [1.29, 1.82) is 0 Å². The van der Waals surface area contributed by atoms with Crippen molar-refractivity contribution in [3.05, 3.63) is 0 Å². The third-order valence-corrected chi connectivity index (χ3v) is 2.50. The molecule has 2 nitrogen and oxygen atoms in total. The Kier molecular flexibility index (Phi) is 1.44. The van der Waals surface area contributed by atoms with Gasteiger partial charge in [0.25, 0.3) is 0 Å². The van der Waals surface area contributed by atoms with Crippen LogP contribution < -0.4 is 10.6 Å². The van der Waals surface area contributed by atoms with Crippen molar-refractivity contribution < 1.29 is 0 Å². The summed E-state index contributed by atoms with van der Waals surface area (Å²) in [4.78, 5) is 0. The Morgan fingerprint density at radius 2 is 2.22 bits per heavy atom. The molecule has 0 amide bonds. The zero-order valence-corrected chi connectivity index (χ0v) is 5.69. The summed E-state index contributed by atoms with van der Waals surface area (Å²) < 4.78 is 0. The van der Waals surface area contributed by atoms with E-state index in [2.05, 4.69) is 10.6 Å². The Labute approximate surface area is 56.0 Å². The summed E-state index contributed by atoms with van der Waals surface area (Å²) in [6.07, 6.45) is 2.81. The summed E-state index contributed by atoms with van der Waals surface area (Å²) >= 11 is 0. The Morgan fingerprint density at radius 3 is 3.11 bits per heavy atom. The topological polar surface area (TPSA) is 24.1 Å². The van der Waals surface area contributed by atoms with Gasteiger partial charge in [0.1, 0.15) is 0 Å². The van der Waals surface area contributed by atoms with E-state index in [0.717, 1.165) is 12.0 Å². The molecule has 0 spiro atoms. The molecular formula is C7H14N2. The van der Waals surface area contributed by atoms with Gasteiger partial charge in [0, 0.05) is 12.6 Å². The van der Waals surface area contributed by atoms with Gasteiger partial charge in [0.15, 0.2) is 0 Å². The predicted molar refractivity (Wildman–Crippen MR) is 37.4 cm³/mol. The molecule has 0 bridgehead atoms. The van der Waals surface area contributed by atoms with E-state index in [-0.39, 0.29) is 0 Å². The molecule has 2 aliphatic rings. The highest BCUT2D eigenvalue weighted by molar-refractivity contribution is 4.89. The lowest BCUT2D eigenvalue weighted by Gasteiger charge is -2.24. The van der Waals surface area contributed by atoms with Crippen LogP contribution in [0.15, 0.2) is 0 Å². The molecule has 0 aromatic rings. The third-order valence-electron chi connectivity index (χ3n) is 2.50. The molecule has 2 aliphatic heterocycles. The molecule has 1 unspecified atom stereocenters. The zero-order valence-electron chi connectivity index (χ0n) is 5.69. The van der Waals surface area contributed by atoms with Crippen molar-refractivity contribution in [2.45, 2.75) is 18.9 Å². The zero-order chi connectivity index (χ0) is 6.10. The highest BCUT2D eigenvalue weighted by Gasteiger charge is 2.28. The molecule has 0 saturated carbocycles. The average molecular weight is 126 g/mol. The van der Waals surface area contributed by atoms with E-state index in [9.17, 15) is 0 Å². The molecule has 0 aromatic heterocycles.